The topological polar surface area (TPSA) is 35.2 Å². The summed E-state index contributed by atoms with van der Waals surface area (Å²) in [6.45, 7) is 6.44. The lowest BCUT2D eigenvalue weighted by molar-refractivity contribution is 0.455. The molecule has 0 heterocycles. The van der Waals surface area contributed by atoms with Gasteiger partial charge in [0.1, 0.15) is 16.5 Å². The Morgan fingerprint density at radius 3 is 2.33 bits per heavy atom. The predicted molar refractivity (Wildman–Crippen MR) is 92.6 cm³/mol. The number of nitrogens with two attached hydrogens (primary N) is 1. The lowest BCUT2D eigenvalue weighted by atomic mass is 9.86. The van der Waals surface area contributed by atoms with Gasteiger partial charge < -0.3 is 10.5 Å². The average Bonchev–Trinajstić information content (AvgIpc) is 2.40. The Labute approximate surface area is 135 Å². The molecule has 0 aliphatic carbocycles. The third-order valence-electron chi connectivity index (χ3n) is 3.13. The van der Waals surface area contributed by atoms with Crippen molar-refractivity contribution < 1.29 is 4.74 Å². The largest absolute Gasteiger partial charge is 0.455 e. The third-order valence-corrected chi connectivity index (χ3v) is 3.66. The van der Waals surface area contributed by atoms with Crippen LogP contribution in [0, 0.1) is 0 Å². The minimum Gasteiger partial charge on any atom is -0.455 e. The maximum Gasteiger partial charge on any atom is 0.146 e. The van der Waals surface area contributed by atoms with E-state index in [1.165, 1.54) is 0 Å². The normalized spacial score (nSPS) is 11.2. The Balaban J connectivity index is 2.38. The molecule has 2 rings (SSSR count). The number of hydrogen-bond donors (Lipinski definition) is 1. The van der Waals surface area contributed by atoms with Crippen molar-refractivity contribution in [3.05, 3.63) is 58.6 Å². The maximum atomic E-state index is 6.25. The summed E-state index contributed by atoms with van der Waals surface area (Å²) in [5.74, 6) is 1.39. The van der Waals surface area contributed by atoms with Crippen LogP contribution in [-0.2, 0) is 5.41 Å². The smallest absolute Gasteiger partial charge is 0.146 e. The molecule has 2 N–H and O–H groups in total. The second-order valence-electron chi connectivity index (χ2n) is 5.86. The molecule has 4 heteroatoms. The van der Waals surface area contributed by atoms with Crippen LogP contribution in [-0.4, -0.2) is 4.99 Å². The van der Waals surface area contributed by atoms with Gasteiger partial charge >= 0.3 is 0 Å². The van der Waals surface area contributed by atoms with Gasteiger partial charge in [0.05, 0.1) is 5.02 Å². The summed E-state index contributed by atoms with van der Waals surface area (Å²) in [6.07, 6.45) is 0. The maximum absolute atomic E-state index is 6.25. The van der Waals surface area contributed by atoms with E-state index in [9.17, 15) is 0 Å². The lowest BCUT2D eigenvalue weighted by Crippen LogP contribution is -2.12. The van der Waals surface area contributed by atoms with Crippen molar-refractivity contribution in [3.63, 3.8) is 0 Å². The monoisotopic (exact) mass is 319 g/mol. The molecule has 0 bridgehead atoms. The van der Waals surface area contributed by atoms with E-state index in [2.05, 4.69) is 26.8 Å². The molecule has 0 fully saturated rings. The molecule has 0 radical (unpaired) electrons. The first-order chi connectivity index (χ1) is 9.79. The van der Waals surface area contributed by atoms with Gasteiger partial charge in [-0.25, -0.2) is 0 Å². The molecule has 0 spiro atoms. The second kappa shape index (κ2) is 6.04. The zero-order valence-electron chi connectivity index (χ0n) is 12.3. The van der Waals surface area contributed by atoms with E-state index in [0.717, 1.165) is 16.9 Å². The number of thiocarbonyl (C=S) groups is 1. The first-order valence-corrected chi connectivity index (χ1v) is 7.44. The molecular weight excluding hydrogens is 302 g/mol. The molecule has 0 aliphatic heterocycles. The van der Waals surface area contributed by atoms with Gasteiger partial charge in [0.25, 0.3) is 0 Å². The van der Waals surface area contributed by atoms with Crippen molar-refractivity contribution in [2.45, 2.75) is 26.2 Å². The summed E-state index contributed by atoms with van der Waals surface area (Å²) < 4.78 is 5.99. The van der Waals surface area contributed by atoms with E-state index in [1.54, 1.807) is 12.1 Å². The molecule has 2 nitrogen and oxygen atoms in total. The summed E-state index contributed by atoms with van der Waals surface area (Å²) in [5.41, 5.74) is 7.44. The molecule has 0 aliphatic rings. The molecule has 0 amide bonds. The molecule has 21 heavy (non-hydrogen) atoms. The Bertz CT molecular complexity index is 677. The zero-order valence-corrected chi connectivity index (χ0v) is 13.9. The summed E-state index contributed by atoms with van der Waals surface area (Å²) in [5, 5.41) is 0.490. The second-order valence-corrected chi connectivity index (χ2v) is 6.70. The van der Waals surface area contributed by atoms with Crippen molar-refractivity contribution in [2.24, 2.45) is 5.73 Å². The Hall–Kier alpha value is -1.58. The van der Waals surface area contributed by atoms with Crippen LogP contribution >= 0.6 is 23.8 Å². The average molecular weight is 320 g/mol. The van der Waals surface area contributed by atoms with Gasteiger partial charge in [0, 0.05) is 11.1 Å². The van der Waals surface area contributed by atoms with Gasteiger partial charge in [0.15, 0.2) is 0 Å². The number of rotatable bonds is 3. The van der Waals surface area contributed by atoms with Gasteiger partial charge in [-0.05, 0) is 29.7 Å². The van der Waals surface area contributed by atoms with Crippen LogP contribution in [0.25, 0.3) is 0 Å². The molecule has 0 atom stereocenters. The molecule has 2 aromatic rings. The Morgan fingerprint density at radius 2 is 1.76 bits per heavy atom. The number of ether oxygens (including phenoxy) is 1. The number of benzene rings is 2. The quantitative estimate of drug-likeness (QED) is 0.803. The van der Waals surface area contributed by atoms with Gasteiger partial charge in [-0.3, -0.25) is 0 Å². The zero-order chi connectivity index (χ0) is 15.6. The van der Waals surface area contributed by atoms with E-state index >= 15 is 0 Å². The van der Waals surface area contributed by atoms with Crippen molar-refractivity contribution >= 4 is 28.8 Å². The lowest BCUT2D eigenvalue weighted by Gasteiger charge is -2.22. The van der Waals surface area contributed by atoms with Crippen LogP contribution in [0.1, 0.15) is 31.9 Å². The Kier molecular flexibility index (Phi) is 4.55. The number of hydrogen-bond acceptors (Lipinski definition) is 2. The fourth-order valence-corrected chi connectivity index (χ4v) is 2.38. The standard InChI is InChI=1S/C17H18ClNOS/c1-17(2,3)12-6-4-5-7-14(12)20-15-9-8-11(16(19)21)10-13(15)18/h4-10H,1-3H3,(H2,19,21). The molecule has 0 aromatic heterocycles. The molecule has 0 unspecified atom stereocenters. The van der Waals surface area contributed by atoms with Crippen molar-refractivity contribution in [1.82, 2.24) is 0 Å². The van der Waals surface area contributed by atoms with Crippen LogP contribution in [0.2, 0.25) is 5.02 Å². The molecule has 0 saturated heterocycles. The summed E-state index contributed by atoms with van der Waals surface area (Å²) >= 11 is 11.2. The van der Waals surface area contributed by atoms with E-state index in [4.69, 9.17) is 34.3 Å². The molecule has 2 aromatic carbocycles. The van der Waals surface area contributed by atoms with Crippen molar-refractivity contribution in [1.29, 1.82) is 0 Å². The summed E-state index contributed by atoms with van der Waals surface area (Å²) in [4.78, 5) is 0.318. The minimum atomic E-state index is -0.0121. The number of halogens is 1. The van der Waals surface area contributed by atoms with E-state index in [1.807, 2.05) is 24.3 Å². The van der Waals surface area contributed by atoms with Crippen LogP contribution in [0.3, 0.4) is 0 Å². The highest BCUT2D eigenvalue weighted by Crippen LogP contribution is 2.36. The summed E-state index contributed by atoms with van der Waals surface area (Å²) in [6, 6.07) is 13.3. The third kappa shape index (κ3) is 3.74. The first kappa shape index (κ1) is 15.8. The molecule has 0 saturated carbocycles. The van der Waals surface area contributed by atoms with E-state index in [0.29, 0.717) is 15.8 Å². The predicted octanol–water partition coefficient (Wildman–Crippen LogP) is 5.06. The SMILES string of the molecule is CC(C)(C)c1ccccc1Oc1ccc(C(N)=S)cc1Cl. The van der Waals surface area contributed by atoms with E-state index < -0.39 is 0 Å². The summed E-state index contributed by atoms with van der Waals surface area (Å²) in [7, 11) is 0. The Morgan fingerprint density at radius 1 is 1.10 bits per heavy atom. The highest BCUT2D eigenvalue weighted by atomic mass is 35.5. The van der Waals surface area contributed by atoms with Crippen LogP contribution in [0.5, 0.6) is 11.5 Å². The van der Waals surface area contributed by atoms with Gasteiger partial charge in [0.2, 0.25) is 0 Å². The molecular formula is C17H18ClNOS. The highest BCUT2D eigenvalue weighted by molar-refractivity contribution is 7.80. The highest BCUT2D eigenvalue weighted by Gasteiger charge is 2.19. The minimum absolute atomic E-state index is 0.0121. The van der Waals surface area contributed by atoms with Crippen LogP contribution in [0.4, 0.5) is 0 Å². The van der Waals surface area contributed by atoms with Gasteiger partial charge in [-0.15, -0.1) is 0 Å². The fraction of sp³-hybridized carbons (Fsp3) is 0.235. The van der Waals surface area contributed by atoms with Gasteiger partial charge in [-0.2, -0.15) is 0 Å². The fourth-order valence-electron chi connectivity index (χ4n) is 2.03. The van der Waals surface area contributed by atoms with Crippen molar-refractivity contribution in [3.8, 4) is 11.5 Å². The molecule has 110 valence electrons. The van der Waals surface area contributed by atoms with Crippen LogP contribution in [0.15, 0.2) is 42.5 Å². The first-order valence-electron chi connectivity index (χ1n) is 6.66. The van der Waals surface area contributed by atoms with Crippen LogP contribution < -0.4 is 10.5 Å². The number of para-hydroxylation sites is 1. The van der Waals surface area contributed by atoms with Crippen molar-refractivity contribution in [2.75, 3.05) is 0 Å². The van der Waals surface area contributed by atoms with E-state index in [-0.39, 0.29) is 5.41 Å². The van der Waals surface area contributed by atoms with Gasteiger partial charge in [-0.1, -0.05) is 62.8 Å².